The molecule has 0 aliphatic rings. The molecule has 0 saturated heterocycles. The lowest BCUT2D eigenvalue weighted by atomic mass is 10.2. The molecular weight excluding hydrogens is 196 g/mol. The number of carbonyl (C=O) groups excluding carboxylic acids is 1. The Kier molecular flexibility index (Phi) is 3.98. The zero-order chi connectivity index (χ0) is 10.6. The van der Waals surface area contributed by atoms with E-state index in [1.165, 1.54) is 0 Å². The number of aryl methyl sites for hydroxylation is 1. The molecule has 1 aromatic rings. The molecule has 0 spiro atoms. The molecule has 0 heterocycles. The summed E-state index contributed by atoms with van der Waals surface area (Å²) < 4.78 is 0. The first kappa shape index (κ1) is 11.1. The van der Waals surface area contributed by atoms with E-state index in [-0.39, 0.29) is 5.91 Å². The van der Waals surface area contributed by atoms with Crippen molar-refractivity contribution < 1.29 is 4.79 Å². The third-order valence-corrected chi connectivity index (χ3v) is 2.21. The maximum absolute atomic E-state index is 11.4. The van der Waals surface area contributed by atoms with Gasteiger partial charge in [-0.05, 0) is 24.6 Å². The number of nitrogens with two attached hydrogens (primary N) is 1. The summed E-state index contributed by atoms with van der Waals surface area (Å²) in [6.07, 6.45) is 0. The molecule has 3 N–H and O–H groups in total. The molecule has 1 aromatic carbocycles. The Hall–Kier alpha value is -1.00. The molecule has 1 unspecified atom stereocenters. The Morgan fingerprint density at radius 2 is 2.36 bits per heavy atom. The van der Waals surface area contributed by atoms with E-state index in [9.17, 15) is 4.79 Å². The molecule has 0 radical (unpaired) electrons. The molecule has 1 rings (SSSR count). The minimum absolute atomic E-state index is 0.203. The lowest BCUT2D eigenvalue weighted by Gasteiger charge is -2.09. The van der Waals surface area contributed by atoms with Gasteiger partial charge in [-0.25, -0.2) is 0 Å². The van der Waals surface area contributed by atoms with Crippen molar-refractivity contribution in [2.75, 3.05) is 11.1 Å². The fourth-order valence-electron chi connectivity index (χ4n) is 1.04. The Morgan fingerprint density at radius 3 is 2.93 bits per heavy atom. The monoisotopic (exact) mass is 210 g/mol. The smallest absolute Gasteiger partial charge is 0.242 e. The SMILES string of the molecule is Cc1cccc(NC(=O)C(N)CS)c1. The Bertz CT molecular complexity index is 328. The van der Waals surface area contributed by atoms with Gasteiger partial charge in [0.25, 0.3) is 0 Å². The number of anilines is 1. The van der Waals surface area contributed by atoms with Gasteiger partial charge >= 0.3 is 0 Å². The van der Waals surface area contributed by atoms with Crippen molar-refractivity contribution in [3.8, 4) is 0 Å². The van der Waals surface area contributed by atoms with E-state index in [1.807, 2.05) is 31.2 Å². The van der Waals surface area contributed by atoms with Crippen molar-refractivity contribution in [2.24, 2.45) is 5.73 Å². The normalized spacial score (nSPS) is 12.2. The number of nitrogens with one attached hydrogen (secondary N) is 1. The first-order valence-corrected chi connectivity index (χ1v) is 5.00. The van der Waals surface area contributed by atoms with E-state index in [2.05, 4.69) is 17.9 Å². The summed E-state index contributed by atoms with van der Waals surface area (Å²) in [7, 11) is 0. The topological polar surface area (TPSA) is 55.1 Å². The van der Waals surface area contributed by atoms with Crippen LogP contribution in [0.3, 0.4) is 0 Å². The lowest BCUT2D eigenvalue weighted by molar-refractivity contribution is -0.116. The minimum Gasteiger partial charge on any atom is -0.325 e. The van der Waals surface area contributed by atoms with Crippen LogP contribution in [0.15, 0.2) is 24.3 Å². The fraction of sp³-hybridized carbons (Fsp3) is 0.300. The molecule has 4 heteroatoms. The van der Waals surface area contributed by atoms with Crippen molar-refractivity contribution in [2.45, 2.75) is 13.0 Å². The molecule has 1 amide bonds. The number of hydrogen-bond acceptors (Lipinski definition) is 3. The molecule has 3 nitrogen and oxygen atoms in total. The van der Waals surface area contributed by atoms with Gasteiger partial charge in [0.2, 0.25) is 5.91 Å². The molecule has 0 aromatic heterocycles. The van der Waals surface area contributed by atoms with Crippen molar-refractivity contribution in [1.29, 1.82) is 0 Å². The van der Waals surface area contributed by atoms with Gasteiger partial charge in [0.1, 0.15) is 0 Å². The Balaban J connectivity index is 2.65. The minimum atomic E-state index is -0.557. The summed E-state index contributed by atoms with van der Waals surface area (Å²) in [5.41, 5.74) is 7.38. The van der Waals surface area contributed by atoms with Crippen LogP contribution >= 0.6 is 12.6 Å². The van der Waals surface area contributed by atoms with Gasteiger partial charge in [0, 0.05) is 11.4 Å². The van der Waals surface area contributed by atoms with Crippen molar-refractivity contribution >= 4 is 24.2 Å². The summed E-state index contributed by atoms with van der Waals surface area (Å²) in [6, 6.07) is 7.02. The fourth-order valence-corrected chi connectivity index (χ4v) is 1.21. The van der Waals surface area contributed by atoms with Crippen LogP contribution in [0.4, 0.5) is 5.69 Å². The number of carbonyl (C=O) groups is 1. The average Bonchev–Trinajstić information content (AvgIpc) is 2.16. The number of hydrogen-bond donors (Lipinski definition) is 3. The zero-order valence-corrected chi connectivity index (χ0v) is 8.92. The number of thiol groups is 1. The second-order valence-corrected chi connectivity index (χ2v) is 3.51. The van der Waals surface area contributed by atoms with Crippen LogP contribution in [0.2, 0.25) is 0 Å². The molecule has 0 aliphatic carbocycles. The van der Waals surface area contributed by atoms with Crippen LogP contribution in [0.5, 0.6) is 0 Å². The molecule has 1 atom stereocenters. The van der Waals surface area contributed by atoms with Gasteiger partial charge in [-0.2, -0.15) is 12.6 Å². The van der Waals surface area contributed by atoms with Crippen molar-refractivity contribution in [3.63, 3.8) is 0 Å². The van der Waals surface area contributed by atoms with E-state index in [0.29, 0.717) is 5.75 Å². The molecule has 0 saturated carbocycles. The van der Waals surface area contributed by atoms with Gasteiger partial charge in [0.15, 0.2) is 0 Å². The third kappa shape index (κ3) is 3.05. The zero-order valence-electron chi connectivity index (χ0n) is 8.03. The highest BCUT2D eigenvalue weighted by Gasteiger charge is 2.10. The average molecular weight is 210 g/mol. The predicted octanol–water partition coefficient (Wildman–Crippen LogP) is 1.19. The highest BCUT2D eigenvalue weighted by Crippen LogP contribution is 2.09. The lowest BCUT2D eigenvalue weighted by Crippen LogP contribution is -2.37. The molecule has 0 fully saturated rings. The van der Waals surface area contributed by atoms with Crippen LogP contribution < -0.4 is 11.1 Å². The predicted molar refractivity (Wildman–Crippen MR) is 61.6 cm³/mol. The quantitative estimate of drug-likeness (QED) is 0.656. The van der Waals surface area contributed by atoms with Crippen molar-refractivity contribution in [1.82, 2.24) is 0 Å². The van der Waals surface area contributed by atoms with E-state index in [4.69, 9.17) is 5.73 Å². The van der Waals surface area contributed by atoms with Gasteiger partial charge in [0.05, 0.1) is 6.04 Å². The van der Waals surface area contributed by atoms with Gasteiger partial charge < -0.3 is 11.1 Å². The van der Waals surface area contributed by atoms with E-state index >= 15 is 0 Å². The Morgan fingerprint density at radius 1 is 1.64 bits per heavy atom. The first-order chi connectivity index (χ1) is 6.63. The second-order valence-electron chi connectivity index (χ2n) is 3.15. The van der Waals surface area contributed by atoms with Gasteiger partial charge in [-0.15, -0.1) is 0 Å². The van der Waals surface area contributed by atoms with E-state index < -0.39 is 6.04 Å². The van der Waals surface area contributed by atoms with Crippen LogP contribution in [-0.4, -0.2) is 17.7 Å². The standard InChI is InChI=1S/C10H14N2OS/c1-7-3-2-4-8(5-7)12-10(13)9(11)6-14/h2-5,9,14H,6,11H2,1H3,(H,12,13). The highest BCUT2D eigenvalue weighted by atomic mass is 32.1. The maximum atomic E-state index is 11.4. The summed E-state index contributed by atoms with van der Waals surface area (Å²) in [5, 5.41) is 2.72. The first-order valence-electron chi connectivity index (χ1n) is 4.37. The maximum Gasteiger partial charge on any atom is 0.242 e. The number of amides is 1. The molecule has 76 valence electrons. The van der Waals surface area contributed by atoms with Crippen LogP contribution in [0, 0.1) is 6.92 Å². The molecule has 0 aliphatic heterocycles. The molecule has 14 heavy (non-hydrogen) atoms. The number of rotatable bonds is 3. The largest absolute Gasteiger partial charge is 0.325 e. The summed E-state index contributed by atoms with van der Waals surface area (Å²) in [4.78, 5) is 11.4. The van der Waals surface area contributed by atoms with Crippen molar-refractivity contribution in [3.05, 3.63) is 29.8 Å². The number of benzene rings is 1. The third-order valence-electron chi connectivity index (χ3n) is 1.82. The van der Waals surface area contributed by atoms with E-state index in [0.717, 1.165) is 11.3 Å². The van der Waals surface area contributed by atoms with Crippen LogP contribution in [0.1, 0.15) is 5.56 Å². The van der Waals surface area contributed by atoms with Crippen LogP contribution in [-0.2, 0) is 4.79 Å². The summed E-state index contributed by atoms with van der Waals surface area (Å²) in [6.45, 7) is 1.97. The highest BCUT2D eigenvalue weighted by molar-refractivity contribution is 7.80. The summed E-state index contributed by atoms with van der Waals surface area (Å²) in [5.74, 6) is 0.142. The van der Waals surface area contributed by atoms with E-state index in [1.54, 1.807) is 0 Å². The Labute approximate surface area is 89.1 Å². The molecular formula is C10H14N2OS. The second kappa shape index (κ2) is 5.02. The van der Waals surface area contributed by atoms with Gasteiger partial charge in [-0.1, -0.05) is 12.1 Å². The summed E-state index contributed by atoms with van der Waals surface area (Å²) >= 11 is 3.96. The van der Waals surface area contributed by atoms with Crippen LogP contribution in [0.25, 0.3) is 0 Å². The van der Waals surface area contributed by atoms with Gasteiger partial charge in [-0.3, -0.25) is 4.79 Å². The molecule has 0 bridgehead atoms.